The number of anilines is 1. The molecule has 120 valence electrons. The Morgan fingerprint density at radius 1 is 1.35 bits per heavy atom. The quantitative estimate of drug-likeness (QED) is 0.746. The van der Waals surface area contributed by atoms with Gasteiger partial charge in [-0.25, -0.2) is 4.98 Å². The molecule has 0 atom stereocenters. The maximum Gasteiger partial charge on any atom is 0.264 e. The number of rotatable bonds is 6. The van der Waals surface area contributed by atoms with Gasteiger partial charge in [0.05, 0.1) is 16.8 Å². The molecule has 1 aromatic carbocycles. The van der Waals surface area contributed by atoms with Gasteiger partial charge in [-0.05, 0) is 37.2 Å². The summed E-state index contributed by atoms with van der Waals surface area (Å²) in [5, 5.41) is 6.87. The Balaban J connectivity index is 1.62. The van der Waals surface area contributed by atoms with Gasteiger partial charge >= 0.3 is 0 Å². The fourth-order valence-electron chi connectivity index (χ4n) is 1.92. The standard InChI is InChI=1S/C15H15N3O4S/c1-3-20-10-4-5-11-12(7-10)23-15(16-11)17-13(19)8-21-14-6-9(2)22-18-14/h4-7H,3,8H2,1-2H3,(H,16,17,19). The van der Waals surface area contributed by atoms with Crippen molar-refractivity contribution < 1.29 is 18.8 Å². The maximum atomic E-state index is 11.9. The molecule has 1 N–H and O–H groups in total. The number of carbonyl (C=O) groups is 1. The number of hydrogen-bond donors (Lipinski definition) is 1. The van der Waals surface area contributed by atoms with Crippen molar-refractivity contribution in [1.82, 2.24) is 10.1 Å². The summed E-state index contributed by atoms with van der Waals surface area (Å²) in [6.45, 7) is 4.12. The molecule has 0 spiro atoms. The smallest absolute Gasteiger partial charge is 0.264 e. The first kappa shape index (κ1) is 15.3. The number of amides is 1. The van der Waals surface area contributed by atoms with Gasteiger partial charge < -0.3 is 14.0 Å². The van der Waals surface area contributed by atoms with Gasteiger partial charge in [0.2, 0.25) is 0 Å². The van der Waals surface area contributed by atoms with E-state index in [1.807, 2.05) is 25.1 Å². The highest BCUT2D eigenvalue weighted by Gasteiger charge is 2.10. The molecular weight excluding hydrogens is 318 g/mol. The highest BCUT2D eigenvalue weighted by Crippen LogP contribution is 2.29. The zero-order chi connectivity index (χ0) is 16.2. The second-order valence-electron chi connectivity index (χ2n) is 4.69. The lowest BCUT2D eigenvalue weighted by Gasteiger charge is -2.01. The van der Waals surface area contributed by atoms with Gasteiger partial charge in [0.25, 0.3) is 11.8 Å². The molecule has 3 rings (SSSR count). The third-order valence-electron chi connectivity index (χ3n) is 2.87. The molecule has 1 amide bonds. The van der Waals surface area contributed by atoms with Crippen LogP contribution < -0.4 is 14.8 Å². The minimum Gasteiger partial charge on any atom is -0.494 e. The van der Waals surface area contributed by atoms with Crippen molar-refractivity contribution >= 4 is 32.6 Å². The first-order chi connectivity index (χ1) is 11.1. The van der Waals surface area contributed by atoms with Crippen molar-refractivity contribution in [3.8, 4) is 11.6 Å². The van der Waals surface area contributed by atoms with Gasteiger partial charge in [-0.15, -0.1) is 0 Å². The summed E-state index contributed by atoms with van der Waals surface area (Å²) >= 11 is 1.38. The first-order valence-electron chi connectivity index (χ1n) is 7.03. The Hall–Kier alpha value is -2.61. The lowest BCUT2D eigenvalue weighted by molar-refractivity contribution is -0.118. The fourth-order valence-corrected chi connectivity index (χ4v) is 2.83. The minimum absolute atomic E-state index is 0.161. The third kappa shape index (κ3) is 3.78. The van der Waals surface area contributed by atoms with Crippen LogP contribution in [0.25, 0.3) is 10.2 Å². The van der Waals surface area contributed by atoms with Crippen LogP contribution in [0, 0.1) is 6.92 Å². The van der Waals surface area contributed by atoms with Crippen LogP contribution >= 0.6 is 11.3 Å². The zero-order valence-electron chi connectivity index (χ0n) is 12.7. The third-order valence-corrected chi connectivity index (χ3v) is 3.81. The van der Waals surface area contributed by atoms with Crippen LogP contribution in [0.1, 0.15) is 12.7 Å². The van der Waals surface area contributed by atoms with Crippen LogP contribution in [0.2, 0.25) is 0 Å². The average Bonchev–Trinajstić information content (AvgIpc) is 3.10. The van der Waals surface area contributed by atoms with E-state index in [4.69, 9.17) is 14.0 Å². The normalized spacial score (nSPS) is 10.7. The second kappa shape index (κ2) is 6.66. The zero-order valence-corrected chi connectivity index (χ0v) is 13.5. The van der Waals surface area contributed by atoms with E-state index in [-0.39, 0.29) is 18.4 Å². The van der Waals surface area contributed by atoms with Crippen LogP contribution in [0.15, 0.2) is 28.8 Å². The molecule has 0 unspecified atom stereocenters. The summed E-state index contributed by atoms with van der Waals surface area (Å²) in [5.74, 6) is 1.38. The topological polar surface area (TPSA) is 86.5 Å². The molecule has 0 radical (unpaired) electrons. The van der Waals surface area contributed by atoms with Gasteiger partial charge in [0.1, 0.15) is 11.5 Å². The molecule has 23 heavy (non-hydrogen) atoms. The Morgan fingerprint density at radius 2 is 2.22 bits per heavy atom. The van der Waals surface area contributed by atoms with Gasteiger partial charge in [-0.3, -0.25) is 10.1 Å². The summed E-state index contributed by atoms with van der Waals surface area (Å²) in [4.78, 5) is 16.2. The van der Waals surface area contributed by atoms with Crippen LogP contribution in [0.3, 0.4) is 0 Å². The summed E-state index contributed by atoms with van der Waals surface area (Å²) in [6.07, 6.45) is 0. The van der Waals surface area contributed by atoms with Gasteiger partial charge in [-0.2, -0.15) is 0 Å². The molecule has 0 aliphatic heterocycles. The van der Waals surface area contributed by atoms with Gasteiger partial charge in [0, 0.05) is 6.07 Å². The van der Waals surface area contributed by atoms with Crippen LogP contribution in [0.5, 0.6) is 11.6 Å². The molecule has 0 saturated carbocycles. The van der Waals surface area contributed by atoms with Crippen molar-refractivity contribution in [2.24, 2.45) is 0 Å². The predicted molar refractivity (Wildman–Crippen MR) is 86.2 cm³/mol. The van der Waals surface area contributed by atoms with E-state index in [9.17, 15) is 4.79 Å². The molecule has 0 bridgehead atoms. The Labute approximate surface area is 136 Å². The lowest BCUT2D eigenvalue weighted by atomic mass is 10.3. The number of thiazole rings is 1. The summed E-state index contributed by atoms with van der Waals surface area (Å²) in [7, 11) is 0. The molecule has 0 aliphatic rings. The summed E-state index contributed by atoms with van der Waals surface area (Å²) in [5.41, 5.74) is 0.807. The fraction of sp³-hybridized carbons (Fsp3) is 0.267. The van der Waals surface area contributed by atoms with E-state index in [0.29, 0.717) is 17.5 Å². The number of aryl methyl sites for hydroxylation is 1. The molecule has 2 heterocycles. The van der Waals surface area contributed by atoms with Crippen LogP contribution in [-0.2, 0) is 4.79 Å². The number of benzene rings is 1. The van der Waals surface area contributed by atoms with Crippen molar-refractivity contribution in [3.63, 3.8) is 0 Å². The first-order valence-corrected chi connectivity index (χ1v) is 7.85. The molecule has 0 saturated heterocycles. The predicted octanol–water partition coefficient (Wildman–Crippen LogP) is 3.01. The molecular formula is C15H15N3O4S. The van der Waals surface area contributed by atoms with E-state index in [1.54, 1.807) is 13.0 Å². The van der Waals surface area contributed by atoms with E-state index in [1.165, 1.54) is 11.3 Å². The van der Waals surface area contributed by atoms with Crippen molar-refractivity contribution in [2.75, 3.05) is 18.5 Å². The van der Waals surface area contributed by atoms with Crippen molar-refractivity contribution in [3.05, 3.63) is 30.0 Å². The molecule has 3 aromatic rings. The van der Waals surface area contributed by atoms with Crippen LogP contribution in [-0.4, -0.2) is 29.3 Å². The van der Waals surface area contributed by atoms with E-state index >= 15 is 0 Å². The molecule has 7 nitrogen and oxygen atoms in total. The highest BCUT2D eigenvalue weighted by atomic mass is 32.1. The number of carbonyl (C=O) groups excluding carboxylic acids is 1. The van der Waals surface area contributed by atoms with E-state index in [0.717, 1.165) is 16.0 Å². The van der Waals surface area contributed by atoms with E-state index < -0.39 is 0 Å². The monoisotopic (exact) mass is 333 g/mol. The summed E-state index contributed by atoms with van der Waals surface area (Å²) < 4.78 is 16.5. The second-order valence-corrected chi connectivity index (χ2v) is 5.72. The number of ether oxygens (including phenoxy) is 2. The number of aromatic nitrogens is 2. The highest BCUT2D eigenvalue weighted by molar-refractivity contribution is 7.22. The Morgan fingerprint density at radius 3 is 2.96 bits per heavy atom. The molecule has 0 fully saturated rings. The number of hydrogen-bond acceptors (Lipinski definition) is 7. The van der Waals surface area contributed by atoms with Crippen LogP contribution in [0.4, 0.5) is 5.13 Å². The molecule has 0 aliphatic carbocycles. The molecule has 8 heteroatoms. The average molecular weight is 333 g/mol. The SMILES string of the molecule is CCOc1ccc2nc(NC(=O)COc3cc(C)on3)sc2c1. The number of nitrogens with one attached hydrogen (secondary N) is 1. The lowest BCUT2D eigenvalue weighted by Crippen LogP contribution is -2.20. The van der Waals surface area contributed by atoms with Crippen molar-refractivity contribution in [1.29, 1.82) is 0 Å². The Kier molecular flexibility index (Phi) is 4.42. The number of fused-ring (bicyclic) bond motifs is 1. The largest absolute Gasteiger partial charge is 0.494 e. The van der Waals surface area contributed by atoms with Gasteiger partial charge in [-0.1, -0.05) is 11.3 Å². The number of nitrogens with zero attached hydrogens (tertiary/aromatic N) is 2. The Bertz CT molecular complexity index is 827. The summed E-state index contributed by atoms with van der Waals surface area (Å²) in [6, 6.07) is 7.23. The molecule has 2 aromatic heterocycles. The van der Waals surface area contributed by atoms with Gasteiger partial charge in [0.15, 0.2) is 11.7 Å². The maximum absolute atomic E-state index is 11.9. The van der Waals surface area contributed by atoms with Crippen molar-refractivity contribution in [2.45, 2.75) is 13.8 Å². The minimum atomic E-state index is -0.310. The van der Waals surface area contributed by atoms with E-state index in [2.05, 4.69) is 15.5 Å².